The van der Waals surface area contributed by atoms with E-state index in [2.05, 4.69) is 26.1 Å². The molecule has 0 saturated carbocycles. The van der Waals surface area contributed by atoms with E-state index in [1.807, 2.05) is 66.7 Å². The van der Waals surface area contributed by atoms with Gasteiger partial charge in [-0.3, -0.25) is 0 Å². The number of carbonyl (C=O) groups excluding carboxylic acids is 1. The quantitative estimate of drug-likeness (QED) is 0.339. The van der Waals surface area contributed by atoms with Gasteiger partial charge in [0.1, 0.15) is 12.4 Å². The summed E-state index contributed by atoms with van der Waals surface area (Å²) in [6.45, 7) is 0.139. The maximum Gasteiger partial charge on any atom is 0.339 e. The molecule has 30 heavy (non-hydrogen) atoms. The maximum atomic E-state index is 12.6. The van der Waals surface area contributed by atoms with Crippen LogP contribution in [0.4, 0.5) is 0 Å². The van der Waals surface area contributed by atoms with Crippen molar-refractivity contribution in [3.05, 3.63) is 100 Å². The summed E-state index contributed by atoms with van der Waals surface area (Å²) in [5, 5.41) is 7.95. The number of rotatable bonds is 7. The van der Waals surface area contributed by atoms with E-state index in [-0.39, 0.29) is 19.1 Å². The van der Waals surface area contributed by atoms with Gasteiger partial charge >= 0.3 is 5.97 Å². The molecule has 0 radical (unpaired) electrons. The molecule has 0 spiro atoms. The monoisotopic (exact) mass is 464 g/mol. The summed E-state index contributed by atoms with van der Waals surface area (Å²) in [5.41, 5.74) is 1.94. The minimum atomic E-state index is -0.481. The number of halogens is 1. The van der Waals surface area contributed by atoms with Crippen LogP contribution in [0.25, 0.3) is 11.5 Å². The van der Waals surface area contributed by atoms with Crippen LogP contribution in [0.2, 0.25) is 0 Å². The highest BCUT2D eigenvalue weighted by molar-refractivity contribution is 9.10. The summed E-state index contributed by atoms with van der Waals surface area (Å²) in [5.74, 6) is 0.835. The first-order valence-corrected chi connectivity index (χ1v) is 9.99. The van der Waals surface area contributed by atoms with Gasteiger partial charge in [0.15, 0.2) is 6.61 Å². The third-order valence-corrected chi connectivity index (χ3v) is 4.79. The van der Waals surface area contributed by atoms with Crippen LogP contribution >= 0.6 is 15.9 Å². The highest BCUT2D eigenvalue weighted by atomic mass is 79.9. The first-order valence-electron chi connectivity index (χ1n) is 9.20. The van der Waals surface area contributed by atoms with Crippen LogP contribution in [-0.2, 0) is 18.0 Å². The highest BCUT2D eigenvalue weighted by Gasteiger charge is 2.15. The molecule has 0 aliphatic carbocycles. The standard InChI is InChI=1S/C23H17BrN2O4/c24-18-12-10-16(11-13-18)22-26-25-21(30-22)15-29-23(27)20-9-5-4-6-17(20)14-28-19-7-2-1-3-8-19/h1-13H,14-15H2. The fourth-order valence-electron chi connectivity index (χ4n) is 2.75. The van der Waals surface area contributed by atoms with Crippen molar-refractivity contribution in [2.45, 2.75) is 13.2 Å². The molecule has 0 aliphatic rings. The van der Waals surface area contributed by atoms with E-state index < -0.39 is 5.97 Å². The molecule has 0 unspecified atom stereocenters. The van der Waals surface area contributed by atoms with E-state index in [0.29, 0.717) is 11.5 Å². The average molecular weight is 465 g/mol. The Morgan fingerprint density at radius 1 is 0.867 bits per heavy atom. The lowest BCUT2D eigenvalue weighted by atomic mass is 10.1. The summed E-state index contributed by atoms with van der Waals surface area (Å²) in [6, 6.07) is 24.1. The third kappa shape index (κ3) is 4.93. The lowest BCUT2D eigenvalue weighted by Gasteiger charge is -2.10. The van der Waals surface area contributed by atoms with Crippen molar-refractivity contribution >= 4 is 21.9 Å². The Hall–Kier alpha value is -3.45. The van der Waals surface area contributed by atoms with Crippen LogP contribution < -0.4 is 4.74 Å². The molecule has 6 nitrogen and oxygen atoms in total. The number of para-hydroxylation sites is 1. The number of esters is 1. The number of nitrogens with zero attached hydrogens (tertiary/aromatic N) is 2. The molecule has 0 aliphatic heterocycles. The van der Waals surface area contributed by atoms with Crippen LogP contribution in [0.3, 0.4) is 0 Å². The van der Waals surface area contributed by atoms with Crippen molar-refractivity contribution in [3.8, 4) is 17.2 Å². The first-order chi connectivity index (χ1) is 14.7. The highest BCUT2D eigenvalue weighted by Crippen LogP contribution is 2.21. The summed E-state index contributed by atoms with van der Waals surface area (Å²) >= 11 is 3.38. The first kappa shape index (κ1) is 19.8. The molecule has 7 heteroatoms. The van der Waals surface area contributed by atoms with Crippen molar-refractivity contribution in [2.24, 2.45) is 0 Å². The second-order valence-corrected chi connectivity index (χ2v) is 7.26. The van der Waals surface area contributed by atoms with Gasteiger partial charge in [-0.25, -0.2) is 4.79 Å². The van der Waals surface area contributed by atoms with Crippen LogP contribution in [0.1, 0.15) is 21.8 Å². The van der Waals surface area contributed by atoms with Crippen LogP contribution in [-0.4, -0.2) is 16.2 Å². The van der Waals surface area contributed by atoms with E-state index in [0.717, 1.165) is 21.3 Å². The number of aromatic nitrogens is 2. The fraction of sp³-hybridized carbons (Fsp3) is 0.0870. The largest absolute Gasteiger partial charge is 0.489 e. The summed E-state index contributed by atoms with van der Waals surface area (Å²) in [6.07, 6.45) is 0. The van der Waals surface area contributed by atoms with Crippen molar-refractivity contribution in [1.29, 1.82) is 0 Å². The molecule has 0 amide bonds. The Kier molecular flexibility index (Phi) is 6.20. The van der Waals surface area contributed by atoms with Gasteiger partial charge in [-0.05, 0) is 42.5 Å². The predicted octanol–water partition coefficient (Wildman–Crippen LogP) is 5.44. The van der Waals surface area contributed by atoms with Gasteiger partial charge in [-0.1, -0.05) is 52.3 Å². The second-order valence-electron chi connectivity index (χ2n) is 6.34. The minimum absolute atomic E-state index is 0.115. The molecule has 0 bridgehead atoms. The topological polar surface area (TPSA) is 74.5 Å². The Labute approximate surface area is 181 Å². The van der Waals surface area contributed by atoms with E-state index in [4.69, 9.17) is 13.9 Å². The molecule has 1 aromatic heterocycles. The minimum Gasteiger partial charge on any atom is -0.489 e. The van der Waals surface area contributed by atoms with E-state index in [1.165, 1.54) is 0 Å². The molecule has 0 fully saturated rings. The molecule has 4 aromatic rings. The second kappa shape index (κ2) is 9.37. The lowest BCUT2D eigenvalue weighted by molar-refractivity contribution is 0.0435. The van der Waals surface area contributed by atoms with Crippen molar-refractivity contribution in [1.82, 2.24) is 10.2 Å². The molecule has 3 aromatic carbocycles. The normalized spacial score (nSPS) is 10.6. The Morgan fingerprint density at radius 2 is 1.60 bits per heavy atom. The van der Waals surface area contributed by atoms with Crippen molar-refractivity contribution in [2.75, 3.05) is 0 Å². The maximum absolute atomic E-state index is 12.6. The van der Waals surface area contributed by atoms with Gasteiger partial charge in [0.25, 0.3) is 5.89 Å². The van der Waals surface area contributed by atoms with Crippen molar-refractivity contribution in [3.63, 3.8) is 0 Å². The number of carbonyl (C=O) groups is 1. The summed E-state index contributed by atoms with van der Waals surface area (Å²) in [7, 11) is 0. The van der Waals surface area contributed by atoms with Crippen LogP contribution in [0.5, 0.6) is 5.75 Å². The summed E-state index contributed by atoms with van der Waals surface area (Å²) < 4.78 is 17.7. The van der Waals surface area contributed by atoms with Gasteiger partial charge < -0.3 is 13.9 Å². The van der Waals surface area contributed by atoms with E-state index in [1.54, 1.807) is 12.1 Å². The number of hydrogen-bond acceptors (Lipinski definition) is 6. The van der Waals surface area contributed by atoms with Crippen molar-refractivity contribution < 1.29 is 18.7 Å². The molecular formula is C23H17BrN2O4. The number of hydrogen-bond donors (Lipinski definition) is 0. The van der Waals surface area contributed by atoms with E-state index in [9.17, 15) is 4.79 Å². The molecule has 4 rings (SSSR count). The molecule has 0 atom stereocenters. The molecule has 0 saturated heterocycles. The van der Waals surface area contributed by atoms with E-state index >= 15 is 0 Å². The molecular weight excluding hydrogens is 448 g/mol. The van der Waals surface area contributed by atoms with Gasteiger partial charge in [-0.15, -0.1) is 10.2 Å². The Bertz CT molecular complexity index is 1130. The SMILES string of the molecule is O=C(OCc1nnc(-c2ccc(Br)cc2)o1)c1ccccc1COc1ccccc1. The predicted molar refractivity (Wildman–Crippen MR) is 114 cm³/mol. The molecule has 0 N–H and O–H groups in total. The smallest absolute Gasteiger partial charge is 0.339 e. The molecule has 150 valence electrons. The molecule has 1 heterocycles. The van der Waals surface area contributed by atoms with Gasteiger partial charge in [0.05, 0.1) is 5.56 Å². The number of benzene rings is 3. The zero-order valence-electron chi connectivity index (χ0n) is 15.8. The lowest BCUT2D eigenvalue weighted by Crippen LogP contribution is -2.10. The Morgan fingerprint density at radius 3 is 2.40 bits per heavy atom. The third-order valence-electron chi connectivity index (χ3n) is 4.26. The van der Waals surface area contributed by atoms with Crippen LogP contribution in [0.15, 0.2) is 87.8 Å². The van der Waals surface area contributed by atoms with Gasteiger partial charge in [0.2, 0.25) is 5.89 Å². The number of ether oxygens (including phenoxy) is 2. The zero-order chi connectivity index (χ0) is 20.8. The fourth-order valence-corrected chi connectivity index (χ4v) is 3.01. The summed E-state index contributed by atoms with van der Waals surface area (Å²) in [4.78, 5) is 12.6. The zero-order valence-corrected chi connectivity index (χ0v) is 17.4. The Balaban J connectivity index is 1.39. The van der Waals surface area contributed by atoms with Gasteiger partial charge in [0, 0.05) is 15.6 Å². The average Bonchev–Trinajstić information content (AvgIpc) is 3.26. The van der Waals surface area contributed by atoms with Crippen LogP contribution in [0, 0.1) is 0 Å². The van der Waals surface area contributed by atoms with Gasteiger partial charge in [-0.2, -0.15) is 0 Å².